The summed E-state index contributed by atoms with van der Waals surface area (Å²) >= 11 is 1.22. The number of thiazole rings is 1. The Morgan fingerprint density at radius 1 is 1.22 bits per heavy atom. The van der Waals surface area contributed by atoms with E-state index in [2.05, 4.69) is 4.98 Å². The number of anilines is 1. The van der Waals surface area contributed by atoms with Gasteiger partial charge in [0.1, 0.15) is 4.88 Å². The van der Waals surface area contributed by atoms with Crippen molar-refractivity contribution >= 4 is 22.4 Å². The average molecular weight is 343 g/mol. The van der Waals surface area contributed by atoms with E-state index in [1.807, 2.05) is 4.90 Å². The molecule has 0 radical (unpaired) electrons. The second-order valence-electron chi connectivity index (χ2n) is 6.81. The van der Waals surface area contributed by atoms with Gasteiger partial charge < -0.3 is 14.5 Å². The van der Waals surface area contributed by atoms with Gasteiger partial charge in [-0.2, -0.15) is 0 Å². The fourth-order valence-electron chi connectivity index (χ4n) is 3.59. The van der Waals surface area contributed by atoms with Gasteiger partial charge in [-0.05, 0) is 12.8 Å². The van der Waals surface area contributed by atoms with E-state index in [-0.39, 0.29) is 24.3 Å². The van der Waals surface area contributed by atoms with Crippen LogP contribution in [0.25, 0.3) is 0 Å². The van der Waals surface area contributed by atoms with Gasteiger partial charge in [0.25, 0.3) is 11.8 Å². The Morgan fingerprint density at radius 3 is 2.61 bits per heavy atom. The van der Waals surface area contributed by atoms with E-state index in [0.29, 0.717) is 16.6 Å². The Morgan fingerprint density at radius 2 is 1.96 bits per heavy atom. The Labute approximate surface area is 137 Å². The van der Waals surface area contributed by atoms with Crippen molar-refractivity contribution < 1.29 is 18.3 Å². The summed E-state index contributed by atoms with van der Waals surface area (Å²) in [7, 11) is 0. The number of nitrogens with zero attached hydrogens (tertiary/aromatic N) is 3. The molecule has 23 heavy (non-hydrogen) atoms. The zero-order chi connectivity index (χ0) is 16.1. The maximum absolute atomic E-state index is 13.3. The van der Waals surface area contributed by atoms with Gasteiger partial charge in [-0.25, -0.2) is 13.8 Å². The molecule has 8 heteroatoms. The maximum Gasteiger partial charge on any atom is 0.267 e. The molecule has 4 rings (SSSR count). The fourth-order valence-corrected chi connectivity index (χ4v) is 4.50. The van der Waals surface area contributed by atoms with Crippen molar-refractivity contribution in [3.8, 4) is 0 Å². The minimum atomic E-state index is -2.65. The molecular formula is C15H19F2N3O2S. The summed E-state index contributed by atoms with van der Waals surface area (Å²) in [5, 5.41) is 0.520. The lowest BCUT2D eigenvalue weighted by Gasteiger charge is -2.52. The summed E-state index contributed by atoms with van der Waals surface area (Å²) < 4.78 is 32.0. The molecule has 3 aliphatic heterocycles. The van der Waals surface area contributed by atoms with Gasteiger partial charge in [0, 0.05) is 44.7 Å². The van der Waals surface area contributed by atoms with Gasteiger partial charge in [0.15, 0.2) is 5.13 Å². The lowest BCUT2D eigenvalue weighted by atomic mass is 9.73. The first-order valence-electron chi connectivity index (χ1n) is 7.92. The molecule has 4 heterocycles. The zero-order valence-corrected chi connectivity index (χ0v) is 13.6. The van der Waals surface area contributed by atoms with Gasteiger partial charge in [0.05, 0.1) is 12.7 Å². The smallest absolute Gasteiger partial charge is 0.267 e. The number of carbonyl (C=O) groups is 1. The lowest BCUT2D eigenvalue weighted by Crippen LogP contribution is -2.60. The van der Waals surface area contributed by atoms with Crippen molar-refractivity contribution in [1.82, 2.24) is 9.88 Å². The highest BCUT2D eigenvalue weighted by atomic mass is 32.1. The third-order valence-corrected chi connectivity index (χ3v) is 6.08. The second-order valence-corrected chi connectivity index (χ2v) is 7.82. The summed E-state index contributed by atoms with van der Waals surface area (Å²) in [4.78, 5) is 20.6. The summed E-state index contributed by atoms with van der Waals surface area (Å²) in [6.07, 6.45) is 3.39. The number of ether oxygens (including phenoxy) is 1. The van der Waals surface area contributed by atoms with Crippen LogP contribution in [0.5, 0.6) is 0 Å². The largest absolute Gasteiger partial charge is 0.381 e. The predicted molar refractivity (Wildman–Crippen MR) is 82.3 cm³/mol. The normalized spacial score (nSPS) is 25.7. The molecule has 0 aliphatic carbocycles. The highest BCUT2D eigenvalue weighted by molar-refractivity contribution is 7.17. The highest BCUT2D eigenvalue weighted by Crippen LogP contribution is 2.41. The predicted octanol–water partition coefficient (Wildman–Crippen LogP) is 2.24. The minimum Gasteiger partial charge on any atom is -0.381 e. The van der Waals surface area contributed by atoms with Crippen molar-refractivity contribution in [3.05, 3.63) is 11.1 Å². The number of halogens is 2. The van der Waals surface area contributed by atoms with Crippen LogP contribution in [0.3, 0.4) is 0 Å². The van der Waals surface area contributed by atoms with Gasteiger partial charge >= 0.3 is 0 Å². The molecule has 0 aromatic carbocycles. The minimum absolute atomic E-state index is 0.0307. The number of rotatable bonds is 2. The number of alkyl halides is 2. The third-order valence-electron chi connectivity index (χ3n) is 5.04. The molecule has 1 spiro atoms. The highest BCUT2D eigenvalue weighted by Gasteiger charge is 2.46. The van der Waals surface area contributed by atoms with Crippen LogP contribution >= 0.6 is 11.3 Å². The van der Waals surface area contributed by atoms with Crippen LogP contribution in [0.1, 0.15) is 28.9 Å². The Balaban J connectivity index is 1.39. The first-order chi connectivity index (χ1) is 11.0. The molecule has 126 valence electrons. The molecule has 0 bridgehead atoms. The molecular weight excluding hydrogens is 324 g/mol. The quantitative estimate of drug-likeness (QED) is 0.826. The van der Waals surface area contributed by atoms with Gasteiger partial charge in [-0.3, -0.25) is 4.79 Å². The topological polar surface area (TPSA) is 45.7 Å². The first-order valence-corrected chi connectivity index (χ1v) is 8.74. The summed E-state index contributed by atoms with van der Waals surface area (Å²) in [6.45, 7) is 3.07. The third kappa shape index (κ3) is 2.82. The number of hydrogen-bond donors (Lipinski definition) is 0. The van der Waals surface area contributed by atoms with Crippen LogP contribution in [-0.2, 0) is 4.74 Å². The Bertz CT molecular complexity index is 608. The molecule has 0 atom stereocenters. The van der Waals surface area contributed by atoms with Gasteiger partial charge in [0.2, 0.25) is 0 Å². The summed E-state index contributed by atoms with van der Waals surface area (Å²) in [5.74, 6) is -2.68. The monoisotopic (exact) mass is 343 g/mol. The summed E-state index contributed by atoms with van der Waals surface area (Å²) in [5.41, 5.74) is 0.235. The molecule has 3 fully saturated rings. The number of aromatic nitrogens is 1. The maximum atomic E-state index is 13.3. The van der Waals surface area contributed by atoms with Crippen LogP contribution in [-0.4, -0.2) is 61.1 Å². The molecule has 1 aromatic heterocycles. The van der Waals surface area contributed by atoms with Crippen LogP contribution in [0.2, 0.25) is 0 Å². The summed E-state index contributed by atoms with van der Waals surface area (Å²) in [6, 6.07) is 0. The van der Waals surface area contributed by atoms with E-state index < -0.39 is 5.92 Å². The number of likely N-dealkylation sites (tertiary alicyclic amines) is 1. The molecule has 1 aromatic rings. The van der Waals surface area contributed by atoms with Crippen molar-refractivity contribution in [2.75, 3.05) is 44.3 Å². The van der Waals surface area contributed by atoms with Crippen molar-refractivity contribution in [2.24, 2.45) is 5.41 Å². The zero-order valence-electron chi connectivity index (χ0n) is 12.8. The Kier molecular flexibility index (Phi) is 3.57. The number of carbonyl (C=O) groups excluding carboxylic acids is 1. The molecule has 5 nitrogen and oxygen atoms in total. The van der Waals surface area contributed by atoms with Crippen LogP contribution in [0.15, 0.2) is 6.20 Å². The lowest BCUT2D eigenvalue weighted by molar-refractivity contribution is -0.0665. The van der Waals surface area contributed by atoms with Crippen molar-refractivity contribution in [3.63, 3.8) is 0 Å². The number of hydrogen-bond acceptors (Lipinski definition) is 5. The fraction of sp³-hybridized carbons (Fsp3) is 0.733. The van der Waals surface area contributed by atoms with Crippen LogP contribution in [0.4, 0.5) is 13.9 Å². The molecule has 1 amide bonds. The molecule has 3 aliphatic rings. The van der Waals surface area contributed by atoms with E-state index in [0.717, 1.165) is 39.1 Å². The second kappa shape index (κ2) is 5.37. The van der Waals surface area contributed by atoms with Gasteiger partial charge in [-0.15, -0.1) is 0 Å². The molecule has 3 saturated heterocycles. The van der Waals surface area contributed by atoms with Crippen molar-refractivity contribution in [1.29, 1.82) is 0 Å². The van der Waals surface area contributed by atoms with Crippen molar-refractivity contribution in [2.45, 2.75) is 25.2 Å². The van der Waals surface area contributed by atoms with Gasteiger partial charge in [-0.1, -0.05) is 11.3 Å². The standard InChI is InChI=1S/C15H19F2N3O2S/c16-15(17)1-4-19(10-15)13-18-7-11(23-13)12(21)20-8-14(9-20)2-5-22-6-3-14/h7H,1-6,8-10H2. The number of amides is 1. The SMILES string of the molecule is O=C(c1cnc(N2CCC(F)(F)C2)s1)N1CC2(CCOCC2)C1. The first kappa shape index (κ1) is 15.3. The molecule has 0 N–H and O–H groups in total. The molecule has 0 saturated carbocycles. The van der Waals surface area contributed by atoms with E-state index in [1.54, 1.807) is 4.90 Å². The van der Waals surface area contributed by atoms with Crippen LogP contribution < -0.4 is 4.90 Å². The molecule has 0 unspecified atom stereocenters. The average Bonchev–Trinajstić information content (AvgIpc) is 3.11. The van der Waals surface area contributed by atoms with Crippen LogP contribution in [0, 0.1) is 5.41 Å². The Hall–Kier alpha value is -1.28. The van der Waals surface area contributed by atoms with E-state index in [1.165, 1.54) is 17.5 Å². The van der Waals surface area contributed by atoms with E-state index in [9.17, 15) is 13.6 Å². The van der Waals surface area contributed by atoms with E-state index >= 15 is 0 Å². The van der Waals surface area contributed by atoms with E-state index in [4.69, 9.17) is 4.74 Å².